The molecule has 1 aliphatic rings. The summed E-state index contributed by atoms with van der Waals surface area (Å²) in [5.74, 6) is 0. The fourth-order valence-electron chi connectivity index (χ4n) is 2.82. The van der Waals surface area contributed by atoms with Crippen molar-refractivity contribution in [2.45, 2.75) is 25.3 Å². The Bertz CT molecular complexity index is 625. The maximum absolute atomic E-state index is 13.1. The fourth-order valence-corrected chi connectivity index (χ4v) is 3.46. The number of nitrogens with two attached hydrogens (primary N) is 1. The lowest BCUT2D eigenvalue weighted by molar-refractivity contribution is -0.138. The number of hydrogen-bond acceptors (Lipinski definition) is 4. The molecule has 1 aliphatic heterocycles. The topological polar surface area (TPSA) is 42.1 Å². The van der Waals surface area contributed by atoms with Gasteiger partial charge in [0.1, 0.15) is 5.01 Å². The maximum atomic E-state index is 13.1. The van der Waals surface area contributed by atoms with Crippen molar-refractivity contribution >= 4 is 11.3 Å². The number of aromatic nitrogens is 1. The van der Waals surface area contributed by atoms with E-state index in [1.807, 2.05) is 10.3 Å². The van der Waals surface area contributed by atoms with Crippen molar-refractivity contribution in [2.75, 3.05) is 6.54 Å². The zero-order valence-corrected chi connectivity index (χ0v) is 11.9. The van der Waals surface area contributed by atoms with Gasteiger partial charge in [-0.05, 0) is 17.2 Å². The van der Waals surface area contributed by atoms with Gasteiger partial charge in [-0.1, -0.05) is 12.1 Å². The molecule has 0 saturated carbocycles. The molecule has 0 bridgehead atoms. The lowest BCUT2D eigenvalue weighted by Gasteiger charge is -2.22. The number of nitrogens with zero attached hydrogens (tertiary/aromatic N) is 2. The van der Waals surface area contributed by atoms with Gasteiger partial charge in [-0.2, -0.15) is 13.2 Å². The van der Waals surface area contributed by atoms with E-state index in [2.05, 4.69) is 4.98 Å². The molecule has 21 heavy (non-hydrogen) atoms. The molecular weight excluding hydrogens is 299 g/mol. The van der Waals surface area contributed by atoms with Crippen molar-refractivity contribution < 1.29 is 13.2 Å². The normalized spacial score (nSPS) is 19.0. The lowest BCUT2D eigenvalue weighted by atomic mass is 9.99. The van der Waals surface area contributed by atoms with Gasteiger partial charge in [0.15, 0.2) is 0 Å². The van der Waals surface area contributed by atoms with E-state index in [-0.39, 0.29) is 12.6 Å². The van der Waals surface area contributed by atoms with E-state index in [4.69, 9.17) is 5.73 Å². The molecule has 7 heteroatoms. The molecule has 1 aromatic carbocycles. The second kappa shape index (κ2) is 5.40. The summed E-state index contributed by atoms with van der Waals surface area (Å²) in [7, 11) is 0. The average Bonchev–Trinajstić information content (AvgIpc) is 3.04. The summed E-state index contributed by atoms with van der Waals surface area (Å²) in [4.78, 5) is 6.15. The van der Waals surface area contributed by atoms with E-state index in [1.165, 1.54) is 17.4 Å². The van der Waals surface area contributed by atoms with E-state index in [1.54, 1.807) is 12.3 Å². The van der Waals surface area contributed by atoms with Crippen LogP contribution >= 0.6 is 11.3 Å². The van der Waals surface area contributed by atoms with Crippen LogP contribution in [0.4, 0.5) is 13.2 Å². The highest BCUT2D eigenvalue weighted by molar-refractivity contribution is 7.09. The molecule has 1 atom stereocenters. The first-order valence-electron chi connectivity index (χ1n) is 6.52. The number of alkyl halides is 3. The van der Waals surface area contributed by atoms with Gasteiger partial charge < -0.3 is 5.73 Å². The van der Waals surface area contributed by atoms with E-state index in [0.717, 1.165) is 11.1 Å². The van der Waals surface area contributed by atoms with Crippen molar-refractivity contribution in [3.05, 3.63) is 51.5 Å². The molecule has 2 heterocycles. The molecule has 1 aromatic heterocycles. The summed E-state index contributed by atoms with van der Waals surface area (Å²) in [6.45, 7) is 1.07. The molecule has 0 aliphatic carbocycles. The number of benzene rings is 1. The number of thiazole rings is 1. The van der Waals surface area contributed by atoms with E-state index >= 15 is 0 Å². The van der Waals surface area contributed by atoms with Crippen LogP contribution in [0.5, 0.6) is 0 Å². The van der Waals surface area contributed by atoms with E-state index in [9.17, 15) is 13.2 Å². The first-order chi connectivity index (χ1) is 10.0. The Hall–Kier alpha value is -1.44. The monoisotopic (exact) mass is 313 g/mol. The van der Waals surface area contributed by atoms with Crippen molar-refractivity contribution in [2.24, 2.45) is 5.73 Å². The predicted octanol–water partition coefficient (Wildman–Crippen LogP) is 3.18. The van der Waals surface area contributed by atoms with Crippen molar-refractivity contribution in [1.82, 2.24) is 9.88 Å². The molecule has 0 fully saturated rings. The minimum atomic E-state index is -4.33. The Morgan fingerprint density at radius 2 is 2.19 bits per heavy atom. The van der Waals surface area contributed by atoms with Crippen LogP contribution in [0.25, 0.3) is 0 Å². The quantitative estimate of drug-likeness (QED) is 0.946. The molecule has 0 radical (unpaired) electrons. The van der Waals surface area contributed by atoms with Crippen LogP contribution in [0.15, 0.2) is 29.8 Å². The largest absolute Gasteiger partial charge is 0.416 e. The van der Waals surface area contributed by atoms with Gasteiger partial charge >= 0.3 is 6.18 Å². The van der Waals surface area contributed by atoms with Crippen molar-refractivity contribution in [1.29, 1.82) is 0 Å². The Morgan fingerprint density at radius 3 is 2.81 bits per heavy atom. The van der Waals surface area contributed by atoms with Gasteiger partial charge in [-0.3, -0.25) is 4.90 Å². The first kappa shape index (κ1) is 14.5. The van der Waals surface area contributed by atoms with Crippen LogP contribution < -0.4 is 5.73 Å². The van der Waals surface area contributed by atoms with Gasteiger partial charge in [-0.15, -0.1) is 11.3 Å². The van der Waals surface area contributed by atoms with Crippen LogP contribution in [0.3, 0.4) is 0 Å². The molecule has 2 N–H and O–H groups in total. The molecule has 3 rings (SSSR count). The molecule has 2 aromatic rings. The summed E-state index contributed by atoms with van der Waals surface area (Å²) in [5.41, 5.74) is 6.26. The van der Waals surface area contributed by atoms with Gasteiger partial charge in [0, 0.05) is 30.7 Å². The van der Waals surface area contributed by atoms with Crippen LogP contribution in [0.2, 0.25) is 0 Å². The van der Waals surface area contributed by atoms with Gasteiger partial charge in [-0.25, -0.2) is 4.98 Å². The number of halogens is 3. The summed E-state index contributed by atoms with van der Waals surface area (Å²) < 4.78 is 39.4. The Balaban J connectivity index is 1.95. The minimum absolute atomic E-state index is 0.189. The molecular formula is C14H14F3N3S. The second-order valence-electron chi connectivity index (χ2n) is 4.95. The third kappa shape index (κ3) is 2.68. The van der Waals surface area contributed by atoms with Gasteiger partial charge in [0.2, 0.25) is 0 Å². The van der Waals surface area contributed by atoms with Gasteiger partial charge in [0.05, 0.1) is 12.1 Å². The van der Waals surface area contributed by atoms with Crippen LogP contribution in [-0.4, -0.2) is 16.4 Å². The van der Waals surface area contributed by atoms with E-state index < -0.39 is 11.7 Å². The molecule has 0 amide bonds. The van der Waals surface area contributed by atoms with Crippen molar-refractivity contribution in [3.8, 4) is 0 Å². The number of hydrogen-bond donors (Lipinski definition) is 1. The lowest BCUT2D eigenvalue weighted by Crippen LogP contribution is -2.27. The molecule has 0 spiro atoms. The Morgan fingerprint density at radius 1 is 1.38 bits per heavy atom. The summed E-state index contributed by atoms with van der Waals surface area (Å²) >= 11 is 1.49. The molecule has 3 nitrogen and oxygen atoms in total. The molecule has 1 unspecified atom stereocenters. The maximum Gasteiger partial charge on any atom is 0.416 e. The highest BCUT2D eigenvalue weighted by Gasteiger charge is 2.39. The Labute approximate surface area is 124 Å². The number of fused-ring (bicyclic) bond motifs is 1. The molecule has 0 saturated heterocycles. The average molecular weight is 313 g/mol. The van der Waals surface area contributed by atoms with Crippen LogP contribution in [-0.2, 0) is 19.3 Å². The van der Waals surface area contributed by atoms with Crippen LogP contribution in [0, 0.1) is 0 Å². The highest BCUT2D eigenvalue weighted by atomic mass is 32.1. The second-order valence-corrected chi connectivity index (χ2v) is 5.93. The summed E-state index contributed by atoms with van der Waals surface area (Å²) in [5, 5.41) is 2.74. The van der Waals surface area contributed by atoms with E-state index in [0.29, 0.717) is 24.2 Å². The summed E-state index contributed by atoms with van der Waals surface area (Å²) in [6, 6.07) is 4.15. The minimum Gasteiger partial charge on any atom is -0.329 e. The fraction of sp³-hybridized carbons (Fsp3) is 0.357. The summed E-state index contributed by atoms with van der Waals surface area (Å²) in [6.07, 6.45) is -2.64. The number of rotatable bonds is 3. The van der Waals surface area contributed by atoms with Gasteiger partial charge in [0.25, 0.3) is 0 Å². The first-order valence-corrected chi connectivity index (χ1v) is 7.40. The predicted molar refractivity (Wildman–Crippen MR) is 74.6 cm³/mol. The SMILES string of the molecule is NCC1c2cccc(C(F)(F)F)c2CN1Cc1nccs1. The smallest absolute Gasteiger partial charge is 0.329 e. The standard InChI is InChI=1S/C14H14F3N3S/c15-14(16,17)11-3-1-2-9-10(11)7-20(12(9)6-18)8-13-19-4-5-21-13/h1-5,12H,6-8,18H2. The zero-order chi connectivity index (χ0) is 15.0. The molecule has 112 valence electrons. The van der Waals surface area contributed by atoms with Crippen molar-refractivity contribution in [3.63, 3.8) is 0 Å². The highest BCUT2D eigenvalue weighted by Crippen LogP contribution is 2.41. The third-order valence-corrected chi connectivity index (χ3v) is 4.49. The van der Waals surface area contributed by atoms with Crippen LogP contribution in [0.1, 0.15) is 27.7 Å². The zero-order valence-electron chi connectivity index (χ0n) is 11.1. The Kier molecular flexibility index (Phi) is 3.73. The third-order valence-electron chi connectivity index (χ3n) is 3.72.